The molecule has 210 valence electrons. The van der Waals surface area contributed by atoms with E-state index in [9.17, 15) is 19.5 Å². The first kappa shape index (κ1) is 26.5. The minimum Gasteiger partial charge on any atom is -0.461 e. The smallest absolute Gasteiger partial charge is 0.334 e. The third-order valence-corrected chi connectivity index (χ3v) is 11.2. The number of aliphatic hydroxyl groups excluding tert-OH is 1. The minimum atomic E-state index is -0.831. The van der Waals surface area contributed by atoms with E-state index in [-0.39, 0.29) is 66.3 Å². The van der Waals surface area contributed by atoms with Gasteiger partial charge in [0.05, 0.1) is 5.41 Å². The summed E-state index contributed by atoms with van der Waals surface area (Å²) in [4.78, 5) is 39.0. The molecule has 6 aliphatic rings. The molecule has 0 aromatic heterocycles. The molecule has 2 aliphatic heterocycles. The van der Waals surface area contributed by atoms with Crippen LogP contribution in [0.1, 0.15) is 66.2 Å². The Morgan fingerprint density at radius 2 is 1.95 bits per heavy atom. The minimum absolute atomic E-state index is 0.0159. The van der Waals surface area contributed by atoms with Gasteiger partial charge in [0.1, 0.15) is 18.3 Å². The number of aliphatic hydroxyl groups is 1. The normalized spacial score (nSPS) is 43.0. The Morgan fingerprint density at radius 1 is 1.21 bits per heavy atom. The van der Waals surface area contributed by atoms with Gasteiger partial charge in [-0.05, 0) is 62.0 Å². The monoisotopic (exact) mass is 536 g/mol. The van der Waals surface area contributed by atoms with Crippen molar-refractivity contribution >= 4 is 17.9 Å². The molecule has 4 fully saturated rings. The Kier molecular flexibility index (Phi) is 6.07. The average molecular weight is 537 g/mol. The van der Waals surface area contributed by atoms with Gasteiger partial charge in [-0.15, -0.1) is 0 Å². The predicted molar refractivity (Wildman–Crippen MR) is 143 cm³/mol. The maximum Gasteiger partial charge on any atom is 0.334 e. The summed E-state index contributed by atoms with van der Waals surface area (Å²) < 4.78 is 18.1. The van der Waals surface area contributed by atoms with Crippen LogP contribution in [0, 0.1) is 40.4 Å². The second-order valence-electron chi connectivity index (χ2n) is 13.0. The predicted octanol–water partition coefficient (Wildman–Crippen LogP) is 4.61. The number of fused-ring (bicyclic) bond motifs is 5. The first-order valence-corrected chi connectivity index (χ1v) is 14.5. The van der Waals surface area contributed by atoms with E-state index in [1.807, 2.05) is 0 Å². The summed E-state index contributed by atoms with van der Waals surface area (Å²) >= 11 is 0. The molecule has 2 bridgehead atoms. The lowest BCUT2D eigenvalue weighted by Gasteiger charge is -2.43. The lowest BCUT2D eigenvalue weighted by Crippen LogP contribution is -2.43. The topological polar surface area (TPSA) is 99.1 Å². The van der Waals surface area contributed by atoms with Crippen LogP contribution >= 0.6 is 0 Å². The van der Waals surface area contributed by atoms with Gasteiger partial charge < -0.3 is 19.3 Å². The Balaban J connectivity index is 1.48. The van der Waals surface area contributed by atoms with Crippen molar-refractivity contribution in [3.05, 3.63) is 47.1 Å². The fourth-order valence-corrected chi connectivity index (χ4v) is 9.56. The Labute approximate surface area is 230 Å². The molecule has 0 unspecified atom stereocenters. The standard InChI is InChI=1S/C32H40O7/c1-15(8-7-9-33)21-12-24-26(10-16(21)2)39-30(36)32(24)14-31-17(3)11-25-22(18(4)29(35)38-25)13-23(31)19(5)27(32)28(31)37-20(6)34/h12,15,17,22,24-28,33H,2,4,7-11,13-14H2,1,3,5-6H3/t15-,17+,22-,24+,25+,26-,27+,28-,31+,32-/m0/s1. The second-order valence-corrected chi connectivity index (χ2v) is 13.0. The molecule has 0 aromatic rings. The summed E-state index contributed by atoms with van der Waals surface area (Å²) in [7, 11) is 0. The summed E-state index contributed by atoms with van der Waals surface area (Å²) in [6, 6.07) is 0. The largest absolute Gasteiger partial charge is 0.461 e. The highest BCUT2D eigenvalue weighted by atomic mass is 16.6. The van der Waals surface area contributed by atoms with E-state index in [1.54, 1.807) is 0 Å². The van der Waals surface area contributed by atoms with E-state index in [1.165, 1.54) is 12.5 Å². The van der Waals surface area contributed by atoms with Crippen LogP contribution in [0.25, 0.3) is 0 Å². The number of rotatable bonds is 5. The third kappa shape index (κ3) is 3.41. The molecular weight excluding hydrogens is 496 g/mol. The zero-order valence-corrected chi connectivity index (χ0v) is 23.5. The van der Waals surface area contributed by atoms with Crippen LogP contribution in [0.4, 0.5) is 0 Å². The van der Waals surface area contributed by atoms with E-state index < -0.39 is 16.9 Å². The highest BCUT2D eigenvalue weighted by molar-refractivity contribution is 5.91. The van der Waals surface area contributed by atoms with Gasteiger partial charge in [-0.25, -0.2) is 4.79 Å². The first-order chi connectivity index (χ1) is 18.5. The molecule has 7 heteroatoms. The zero-order chi connectivity index (χ0) is 28.0. The summed E-state index contributed by atoms with van der Waals surface area (Å²) in [6.45, 7) is 16.4. The number of hydrogen-bond acceptors (Lipinski definition) is 7. The number of carbonyl (C=O) groups is 3. The van der Waals surface area contributed by atoms with Crippen LogP contribution in [-0.4, -0.2) is 47.9 Å². The molecule has 6 rings (SSSR count). The van der Waals surface area contributed by atoms with Crippen LogP contribution in [0.5, 0.6) is 0 Å². The fraction of sp³-hybridized carbons (Fsp3) is 0.656. The van der Waals surface area contributed by atoms with Crippen molar-refractivity contribution in [1.29, 1.82) is 0 Å². The number of carbonyl (C=O) groups excluding carboxylic acids is 3. The van der Waals surface area contributed by atoms with Gasteiger partial charge in [-0.1, -0.05) is 44.2 Å². The van der Waals surface area contributed by atoms with Gasteiger partial charge in [0.15, 0.2) is 0 Å². The van der Waals surface area contributed by atoms with Crippen molar-refractivity contribution in [2.45, 2.75) is 84.5 Å². The molecule has 0 amide bonds. The first-order valence-electron chi connectivity index (χ1n) is 14.5. The molecule has 10 atom stereocenters. The number of allylic oxidation sites excluding steroid dienone is 1. The maximum atomic E-state index is 14.1. The number of ether oxygens (including phenoxy) is 3. The van der Waals surface area contributed by atoms with Crippen LogP contribution in [0.2, 0.25) is 0 Å². The van der Waals surface area contributed by atoms with E-state index in [2.05, 4.69) is 40.0 Å². The maximum absolute atomic E-state index is 14.1. The van der Waals surface area contributed by atoms with Crippen molar-refractivity contribution in [3.8, 4) is 0 Å². The highest BCUT2D eigenvalue weighted by Gasteiger charge is 2.78. The SMILES string of the molecule is C=C1C[C@@H]2OC(=O)[C@@]3(C[C@@]45C(=C(C)[C@@H]3[C@@H]4OC(C)=O)C[C@H]3C(=C)C(=O)O[C@@H]3C[C@H]5C)[C@@H]2C=C1[C@@H](C)CCCO. The van der Waals surface area contributed by atoms with Crippen molar-refractivity contribution in [1.82, 2.24) is 0 Å². The molecular formula is C32H40O7. The summed E-state index contributed by atoms with van der Waals surface area (Å²) in [5.41, 5.74) is 3.60. The van der Waals surface area contributed by atoms with Gasteiger partial charge in [-0.2, -0.15) is 0 Å². The highest BCUT2D eigenvalue weighted by Crippen LogP contribution is 2.75. The second kappa shape index (κ2) is 8.92. The van der Waals surface area contributed by atoms with E-state index in [0.29, 0.717) is 37.7 Å². The van der Waals surface area contributed by atoms with Gasteiger partial charge in [0.2, 0.25) is 0 Å². The van der Waals surface area contributed by atoms with Gasteiger partial charge in [0.25, 0.3) is 0 Å². The van der Waals surface area contributed by atoms with Crippen molar-refractivity contribution in [3.63, 3.8) is 0 Å². The van der Waals surface area contributed by atoms with Crippen LogP contribution in [0.15, 0.2) is 47.1 Å². The Hall–Kier alpha value is -2.67. The summed E-state index contributed by atoms with van der Waals surface area (Å²) in [5.74, 6) is -1.18. The van der Waals surface area contributed by atoms with E-state index in [4.69, 9.17) is 14.2 Å². The quantitative estimate of drug-likeness (QED) is 0.237. The molecule has 2 heterocycles. The fourth-order valence-electron chi connectivity index (χ4n) is 9.56. The van der Waals surface area contributed by atoms with Crippen LogP contribution in [-0.2, 0) is 28.6 Å². The average Bonchev–Trinajstić information content (AvgIpc) is 3.45. The molecule has 0 aromatic carbocycles. The van der Waals surface area contributed by atoms with Gasteiger partial charge in [-0.3, -0.25) is 9.59 Å². The molecule has 2 spiro atoms. The molecule has 39 heavy (non-hydrogen) atoms. The molecule has 1 N–H and O–H groups in total. The van der Waals surface area contributed by atoms with E-state index >= 15 is 0 Å². The third-order valence-electron chi connectivity index (χ3n) is 11.2. The lowest BCUT2D eigenvalue weighted by atomic mass is 9.57. The summed E-state index contributed by atoms with van der Waals surface area (Å²) in [5, 5.41) is 9.39. The van der Waals surface area contributed by atoms with Gasteiger partial charge in [0, 0.05) is 48.7 Å². The van der Waals surface area contributed by atoms with E-state index in [0.717, 1.165) is 23.1 Å². The van der Waals surface area contributed by atoms with Crippen molar-refractivity contribution < 1.29 is 33.7 Å². The number of hydrogen-bond donors (Lipinski definition) is 1. The van der Waals surface area contributed by atoms with Crippen LogP contribution < -0.4 is 0 Å². The molecule has 4 aliphatic carbocycles. The summed E-state index contributed by atoms with van der Waals surface area (Å²) in [6.07, 6.45) is 5.19. The molecule has 0 radical (unpaired) electrons. The van der Waals surface area contributed by atoms with Gasteiger partial charge >= 0.3 is 17.9 Å². The molecule has 2 saturated heterocycles. The lowest BCUT2D eigenvalue weighted by molar-refractivity contribution is -0.156. The number of esters is 3. The Morgan fingerprint density at radius 3 is 2.64 bits per heavy atom. The van der Waals surface area contributed by atoms with Crippen molar-refractivity contribution in [2.24, 2.45) is 40.4 Å². The zero-order valence-electron chi connectivity index (χ0n) is 23.5. The van der Waals surface area contributed by atoms with Crippen LogP contribution in [0.3, 0.4) is 0 Å². The van der Waals surface area contributed by atoms with Crippen molar-refractivity contribution in [2.75, 3.05) is 6.61 Å². The molecule has 7 nitrogen and oxygen atoms in total. The molecule has 2 saturated carbocycles. The Bertz CT molecular complexity index is 1240.